The van der Waals surface area contributed by atoms with Gasteiger partial charge in [-0.1, -0.05) is 0 Å². The molecule has 6 heteroatoms. The molecule has 0 saturated carbocycles. The van der Waals surface area contributed by atoms with Gasteiger partial charge in [-0.3, -0.25) is 0 Å². The predicted octanol–water partition coefficient (Wildman–Crippen LogP) is 2.97. The van der Waals surface area contributed by atoms with Gasteiger partial charge in [0.2, 0.25) is 0 Å². The summed E-state index contributed by atoms with van der Waals surface area (Å²) in [5, 5.41) is 0. The summed E-state index contributed by atoms with van der Waals surface area (Å²) < 4.78 is 48.5. The van der Waals surface area contributed by atoms with Crippen molar-refractivity contribution in [3.63, 3.8) is 0 Å². The first-order chi connectivity index (χ1) is 8.84. The predicted molar refractivity (Wildman–Crippen MR) is 65.9 cm³/mol. The lowest BCUT2D eigenvalue weighted by atomic mass is 10.1. The number of hydrogen-bond donors (Lipinski definition) is 1. The normalized spacial score (nSPS) is 11.9. The molecule has 0 unspecified atom stereocenters. The number of halogens is 3. The summed E-state index contributed by atoms with van der Waals surface area (Å²) in [7, 11) is 0. The van der Waals surface area contributed by atoms with Crippen LogP contribution in [-0.2, 0) is 17.5 Å². The van der Waals surface area contributed by atoms with Crippen molar-refractivity contribution in [3.8, 4) is 5.75 Å². The lowest BCUT2D eigenvalue weighted by Crippen LogP contribution is -2.14. The molecule has 19 heavy (non-hydrogen) atoms. The minimum absolute atomic E-state index is 0.0229. The molecule has 1 rings (SSSR count). The largest absolute Gasteiger partial charge is 0.491 e. The second-order valence-electron chi connectivity index (χ2n) is 4.29. The van der Waals surface area contributed by atoms with Crippen molar-refractivity contribution < 1.29 is 22.6 Å². The van der Waals surface area contributed by atoms with Gasteiger partial charge in [-0.15, -0.1) is 0 Å². The Hall–Kier alpha value is -1.27. The average molecular weight is 277 g/mol. The third-order valence-corrected chi connectivity index (χ3v) is 2.41. The third kappa shape index (κ3) is 5.08. The standard InChI is InChI=1S/C13H18F3NO2/c1-9(2)18-5-6-19-11-3-4-12(13(14,15)16)10(7-11)8-17/h3-4,7,9H,5-6,8,17H2,1-2H3. The zero-order valence-corrected chi connectivity index (χ0v) is 11.0. The molecule has 0 saturated heterocycles. The second kappa shape index (κ2) is 6.77. The van der Waals surface area contributed by atoms with Gasteiger partial charge in [0.05, 0.1) is 18.3 Å². The summed E-state index contributed by atoms with van der Waals surface area (Å²) in [6.07, 6.45) is -4.30. The molecule has 108 valence electrons. The Bertz CT molecular complexity index is 405. The van der Waals surface area contributed by atoms with E-state index in [0.29, 0.717) is 12.4 Å². The Balaban J connectivity index is 2.67. The number of ether oxygens (including phenoxy) is 2. The first-order valence-electron chi connectivity index (χ1n) is 5.99. The number of nitrogens with two attached hydrogens (primary N) is 1. The zero-order valence-electron chi connectivity index (χ0n) is 11.0. The zero-order chi connectivity index (χ0) is 14.5. The lowest BCUT2D eigenvalue weighted by Gasteiger charge is -2.14. The highest BCUT2D eigenvalue weighted by Gasteiger charge is 2.32. The highest BCUT2D eigenvalue weighted by Crippen LogP contribution is 2.33. The van der Waals surface area contributed by atoms with Crippen molar-refractivity contribution >= 4 is 0 Å². The van der Waals surface area contributed by atoms with Crippen LogP contribution in [0.3, 0.4) is 0 Å². The van der Waals surface area contributed by atoms with Gasteiger partial charge < -0.3 is 15.2 Å². The topological polar surface area (TPSA) is 44.5 Å². The number of benzene rings is 1. The molecule has 1 aromatic rings. The number of alkyl halides is 3. The van der Waals surface area contributed by atoms with Crippen LogP contribution in [0.5, 0.6) is 5.75 Å². The fourth-order valence-electron chi connectivity index (χ4n) is 1.55. The number of hydrogen-bond acceptors (Lipinski definition) is 3. The first-order valence-corrected chi connectivity index (χ1v) is 5.99. The van der Waals surface area contributed by atoms with E-state index in [1.165, 1.54) is 12.1 Å². The van der Waals surface area contributed by atoms with Gasteiger partial charge >= 0.3 is 6.18 Å². The molecule has 1 aromatic carbocycles. The molecule has 0 aliphatic rings. The maximum atomic E-state index is 12.6. The van der Waals surface area contributed by atoms with Crippen molar-refractivity contribution in [1.29, 1.82) is 0 Å². The Kier molecular flexibility index (Phi) is 5.62. The Morgan fingerprint density at radius 1 is 1.21 bits per heavy atom. The summed E-state index contributed by atoms with van der Waals surface area (Å²) in [4.78, 5) is 0. The highest BCUT2D eigenvalue weighted by atomic mass is 19.4. The van der Waals surface area contributed by atoms with E-state index in [0.717, 1.165) is 6.07 Å². The van der Waals surface area contributed by atoms with Crippen LogP contribution in [0.2, 0.25) is 0 Å². The molecule has 0 aliphatic carbocycles. The van der Waals surface area contributed by atoms with Gasteiger partial charge in [-0.05, 0) is 37.6 Å². The van der Waals surface area contributed by atoms with Gasteiger partial charge in [-0.25, -0.2) is 0 Å². The summed E-state index contributed by atoms with van der Waals surface area (Å²) in [6.45, 7) is 4.27. The van der Waals surface area contributed by atoms with Crippen LogP contribution >= 0.6 is 0 Å². The molecule has 0 radical (unpaired) electrons. The Morgan fingerprint density at radius 3 is 2.42 bits per heavy atom. The van der Waals surface area contributed by atoms with Gasteiger partial charge in [0.15, 0.2) is 0 Å². The van der Waals surface area contributed by atoms with Crippen LogP contribution in [0.15, 0.2) is 18.2 Å². The van der Waals surface area contributed by atoms with Crippen molar-refractivity contribution in [2.75, 3.05) is 13.2 Å². The van der Waals surface area contributed by atoms with Crippen LogP contribution in [-0.4, -0.2) is 19.3 Å². The van der Waals surface area contributed by atoms with Crippen molar-refractivity contribution in [1.82, 2.24) is 0 Å². The lowest BCUT2D eigenvalue weighted by molar-refractivity contribution is -0.138. The number of rotatable bonds is 6. The summed E-state index contributed by atoms with van der Waals surface area (Å²) in [6, 6.07) is 3.59. The Labute approximate surface area is 110 Å². The summed E-state index contributed by atoms with van der Waals surface area (Å²) in [5.41, 5.74) is 4.63. The van der Waals surface area contributed by atoms with E-state index in [1.54, 1.807) is 0 Å². The molecule has 2 N–H and O–H groups in total. The van der Waals surface area contributed by atoms with Crippen molar-refractivity contribution in [3.05, 3.63) is 29.3 Å². The average Bonchev–Trinajstić information content (AvgIpc) is 2.32. The van der Waals surface area contributed by atoms with E-state index in [9.17, 15) is 13.2 Å². The van der Waals surface area contributed by atoms with Crippen molar-refractivity contribution in [2.45, 2.75) is 32.7 Å². The smallest absolute Gasteiger partial charge is 0.416 e. The SMILES string of the molecule is CC(C)OCCOc1ccc(C(F)(F)F)c(CN)c1. The fourth-order valence-corrected chi connectivity index (χ4v) is 1.55. The molecule has 0 fully saturated rings. The van der Waals surface area contributed by atoms with Gasteiger partial charge in [0.25, 0.3) is 0 Å². The molecular formula is C13H18F3NO2. The summed E-state index contributed by atoms with van der Waals surface area (Å²) >= 11 is 0. The minimum atomic E-state index is -4.39. The maximum Gasteiger partial charge on any atom is 0.416 e. The molecule has 0 heterocycles. The van der Waals surface area contributed by atoms with Crippen LogP contribution in [0.25, 0.3) is 0 Å². The molecule has 3 nitrogen and oxygen atoms in total. The van der Waals surface area contributed by atoms with E-state index in [2.05, 4.69) is 0 Å². The molecule has 0 spiro atoms. The van der Waals surface area contributed by atoms with E-state index < -0.39 is 11.7 Å². The monoisotopic (exact) mass is 277 g/mol. The Morgan fingerprint density at radius 2 is 1.89 bits per heavy atom. The second-order valence-corrected chi connectivity index (χ2v) is 4.29. The van der Waals surface area contributed by atoms with Crippen LogP contribution in [0.1, 0.15) is 25.0 Å². The molecule has 0 aliphatic heterocycles. The fraction of sp³-hybridized carbons (Fsp3) is 0.538. The maximum absolute atomic E-state index is 12.6. The van der Waals surface area contributed by atoms with E-state index in [-0.39, 0.29) is 24.8 Å². The molecule has 0 aromatic heterocycles. The summed E-state index contributed by atoms with van der Waals surface area (Å²) in [5.74, 6) is 0.362. The molecule has 0 atom stereocenters. The molecule has 0 bridgehead atoms. The van der Waals surface area contributed by atoms with Gasteiger partial charge in [0, 0.05) is 6.54 Å². The highest BCUT2D eigenvalue weighted by molar-refractivity contribution is 5.37. The van der Waals surface area contributed by atoms with Gasteiger partial charge in [0.1, 0.15) is 12.4 Å². The van der Waals surface area contributed by atoms with E-state index >= 15 is 0 Å². The molecule has 0 amide bonds. The first kappa shape index (κ1) is 15.8. The van der Waals surface area contributed by atoms with E-state index in [1.807, 2.05) is 13.8 Å². The van der Waals surface area contributed by atoms with Crippen LogP contribution in [0.4, 0.5) is 13.2 Å². The van der Waals surface area contributed by atoms with E-state index in [4.69, 9.17) is 15.2 Å². The third-order valence-electron chi connectivity index (χ3n) is 2.41. The van der Waals surface area contributed by atoms with Crippen molar-refractivity contribution in [2.24, 2.45) is 5.73 Å². The minimum Gasteiger partial charge on any atom is -0.491 e. The van der Waals surface area contributed by atoms with Crippen LogP contribution in [0, 0.1) is 0 Å². The van der Waals surface area contributed by atoms with Gasteiger partial charge in [-0.2, -0.15) is 13.2 Å². The molecular weight excluding hydrogens is 259 g/mol. The quantitative estimate of drug-likeness (QED) is 0.813. The van der Waals surface area contributed by atoms with Crippen LogP contribution < -0.4 is 10.5 Å².